The summed E-state index contributed by atoms with van der Waals surface area (Å²) in [6.07, 6.45) is 1.54. The SMILES string of the molecule is CS(=O)c1nc2cc(Oc3cccc(Cl)c3Cl)c(Cl)cc2[nH]1. The monoisotopic (exact) mass is 374 g/mol. The maximum absolute atomic E-state index is 11.5. The Kier molecular flexibility index (Phi) is 4.32. The van der Waals surface area contributed by atoms with Gasteiger partial charge in [0.25, 0.3) is 0 Å². The third-order valence-electron chi connectivity index (χ3n) is 2.92. The topological polar surface area (TPSA) is 55.0 Å². The summed E-state index contributed by atoms with van der Waals surface area (Å²) in [4.78, 5) is 7.19. The van der Waals surface area contributed by atoms with Crippen molar-refractivity contribution in [3.8, 4) is 11.5 Å². The predicted molar refractivity (Wildman–Crippen MR) is 90.0 cm³/mol. The summed E-state index contributed by atoms with van der Waals surface area (Å²) in [6, 6.07) is 8.39. The Labute approximate surface area is 143 Å². The minimum Gasteiger partial charge on any atom is -0.454 e. The number of hydrogen-bond donors (Lipinski definition) is 1. The van der Waals surface area contributed by atoms with Crippen LogP contribution in [0.2, 0.25) is 15.1 Å². The van der Waals surface area contributed by atoms with E-state index in [1.807, 2.05) is 0 Å². The molecule has 1 unspecified atom stereocenters. The maximum Gasteiger partial charge on any atom is 0.197 e. The van der Waals surface area contributed by atoms with Crippen molar-refractivity contribution in [3.63, 3.8) is 0 Å². The van der Waals surface area contributed by atoms with Gasteiger partial charge >= 0.3 is 0 Å². The van der Waals surface area contributed by atoms with Gasteiger partial charge in [0.2, 0.25) is 0 Å². The zero-order chi connectivity index (χ0) is 15.9. The Balaban J connectivity index is 2.05. The van der Waals surface area contributed by atoms with Crippen LogP contribution in [-0.4, -0.2) is 20.4 Å². The molecule has 1 N–H and O–H groups in total. The fourth-order valence-electron chi connectivity index (χ4n) is 1.88. The van der Waals surface area contributed by atoms with E-state index in [0.717, 1.165) is 0 Å². The van der Waals surface area contributed by atoms with Gasteiger partial charge in [-0.1, -0.05) is 40.9 Å². The highest BCUT2D eigenvalue weighted by Gasteiger charge is 2.13. The van der Waals surface area contributed by atoms with Crippen molar-refractivity contribution in [2.45, 2.75) is 5.16 Å². The van der Waals surface area contributed by atoms with Crippen molar-refractivity contribution >= 4 is 56.6 Å². The first kappa shape index (κ1) is 15.6. The minimum atomic E-state index is -1.21. The van der Waals surface area contributed by atoms with Crippen molar-refractivity contribution in [2.75, 3.05) is 6.26 Å². The van der Waals surface area contributed by atoms with Crippen molar-refractivity contribution in [1.29, 1.82) is 0 Å². The first-order valence-corrected chi connectivity index (χ1v) is 8.79. The average molecular weight is 376 g/mol. The Morgan fingerprint density at radius 2 is 1.91 bits per heavy atom. The lowest BCUT2D eigenvalue weighted by atomic mass is 10.3. The lowest BCUT2D eigenvalue weighted by Gasteiger charge is -2.09. The van der Waals surface area contributed by atoms with Crippen molar-refractivity contribution in [2.24, 2.45) is 0 Å². The van der Waals surface area contributed by atoms with Gasteiger partial charge in [0.05, 0.1) is 31.9 Å². The van der Waals surface area contributed by atoms with Crippen LogP contribution in [-0.2, 0) is 10.8 Å². The number of ether oxygens (including phenoxy) is 1. The molecule has 0 amide bonds. The molecule has 0 aliphatic rings. The van der Waals surface area contributed by atoms with Crippen LogP contribution in [0.4, 0.5) is 0 Å². The standard InChI is InChI=1S/C14H9Cl3N2O2S/c1-22(20)14-18-9-5-8(16)12(6-10(9)19-14)21-11-4-2-3-7(15)13(11)17/h2-6H,1H3,(H,18,19). The lowest BCUT2D eigenvalue weighted by molar-refractivity contribution is 0.484. The number of hydrogen-bond acceptors (Lipinski definition) is 3. The third-order valence-corrected chi connectivity index (χ3v) is 4.76. The number of fused-ring (bicyclic) bond motifs is 1. The largest absolute Gasteiger partial charge is 0.454 e. The summed E-state index contributed by atoms with van der Waals surface area (Å²) in [6.45, 7) is 0. The van der Waals surface area contributed by atoms with Gasteiger partial charge in [-0.2, -0.15) is 0 Å². The number of rotatable bonds is 3. The molecule has 0 bridgehead atoms. The summed E-state index contributed by atoms with van der Waals surface area (Å²) >= 11 is 18.3. The molecule has 0 saturated heterocycles. The number of aromatic amines is 1. The van der Waals surface area contributed by atoms with E-state index in [2.05, 4.69) is 9.97 Å². The molecular weight excluding hydrogens is 367 g/mol. The summed E-state index contributed by atoms with van der Waals surface area (Å²) in [5.74, 6) is 0.781. The first-order chi connectivity index (χ1) is 10.5. The van der Waals surface area contributed by atoms with Crippen LogP contribution in [0.3, 0.4) is 0 Å². The molecule has 4 nitrogen and oxygen atoms in total. The van der Waals surface area contributed by atoms with E-state index in [4.69, 9.17) is 39.5 Å². The van der Waals surface area contributed by atoms with E-state index >= 15 is 0 Å². The van der Waals surface area contributed by atoms with E-state index in [0.29, 0.717) is 42.8 Å². The van der Waals surface area contributed by atoms with Crippen molar-refractivity contribution in [1.82, 2.24) is 9.97 Å². The number of benzene rings is 2. The summed E-state index contributed by atoms with van der Waals surface area (Å²) in [7, 11) is -1.21. The zero-order valence-electron chi connectivity index (χ0n) is 11.2. The molecule has 0 aliphatic heterocycles. The van der Waals surface area contributed by atoms with Gasteiger partial charge in [0, 0.05) is 12.3 Å². The molecule has 3 rings (SSSR count). The van der Waals surface area contributed by atoms with Gasteiger partial charge in [-0.15, -0.1) is 0 Å². The van der Waals surface area contributed by atoms with Crippen LogP contribution < -0.4 is 4.74 Å². The van der Waals surface area contributed by atoms with Gasteiger partial charge in [-0.25, -0.2) is 4.98 Å². The fourth-order valence-corrected chi connectivity index (χ4v) is 2.90. The first-order valence-electron chi connectivity index (χ1n) is 6.10. The second-order valence-corrected chi connectivity index (χ2v) is 6.94. The van der Waals surface area contributed by atoms with Gasteiger partial charge < -0.3 is 9.72 Å². The second kappa shape index (κ2) is 6.08. The zero-order valence-corrected chi connectivity index (χ0v) is 14.3. The quantitative estimate of drug-likeness (QED) is 0.696. The minimum absolute atomic E-state index is 0.303. The number of halogens is 3. The van der Waals surface area contributed by atoms with Crippen LogP contribution in [0.25, 0.3) is 11.0 Å². The van der Waals surface area contributed by atoms with E-state index in [-0.39, 0.29) is 0 Å². The van der Waals surface area contributed by atoms with Crippen LogP contribution in [0.15, 0.2) is 35.5 Å². The number of nitrogens with zero attached hydrogens (tertiary/aromatic N) is 1. The number of H-pyrrole nitrogens is 1. The predicted octanol–water partition coefficient (Wildman–Crippen LogP) is 5.05. The van der Waals surface area contributed by atoms with Crippen LogP contribution >= 0.6 is 34.8 Å². The Hall–Kier alpha value is -1.27. The smallest absolute Gasteiger partial charge is 0.197 e. The molecule has 3 aromatic rings. The molecule has 0 fully saturated rings. The maximum atomic E-state index is 11.5. The molecule has 0 saturated carbocycles. The van der Waals surface area contributed by atoms with E-state index in [1.165, 1.54) is 0 Å². The molecule has 0 radical (unpaired) electrons. The lowest BCUT2D eigenvalue weighted by Crippen LogP contribution is -1.88. The Morgan fingerprint density at radius 3 is 2.64 bits per heavy atom. The van der Waals surface area contributed by atoms with Crippen LogP contribution in [0.5, 0.6) is 11.5 Å². The van der Waals surface area contributed by atoms with E-state index in [1.54, 1.807) is 36.6 Å². The van der Waals surface area contributed by atoms with Crippen molar-refractivity contribution in [3.05, 3.63) is 45.4 Å². The second-order valence-electron chi connectivity index (χ2n) is 4.45. The summed E-state index contributed by atoms with van der Waals surface area (Å²) in [5, 5.41) is 1.45. The average Bonchev–Trinajstić information content (AvgIpc) is 2.87. The summed E-state index contributed by atoms with van der Waals surface area (Å²) in [5.41, 5.74) is 1.28. The molecule has 1 aromatic heterocycles. The van der Waals surface area contributed by atoms with Crippen LogP contribution in [0, 0.1) is 0 Å². The fraction of sp³-hybridized carbons (Fsp3) is 0.0714. The van der Waals surface area contributed by atoms with E-state index < -0.39 is 10.8 Å². The van der Waals surface area contributed by atoms with Crippen molar-refractivity contribution < 1.29 is 8.95 Å². The van der Waals surface area contributed by atoms with Gasteiger partial charge in [-0.05, 0) is 18.2 Å². The number of nitrogens with one attached hydrogen (secondary N) is 1. The molecule has 0 aliphatic carbocycles. The Morgan fingerprint density at radius 1 is 1.14 bits per heavy atom. The molecular formula is C14H9Cl3N2O2S. The molecule has 8 heteroatoms. The molecule has 1 heterocycles. The Bertz CT molecular complexity index is 895. The molecule has 22 heavy (non-hydrogen) atoms. The highest BCUT2D eigenvalue weighted by atomic mass is 35.5. The molecule has 1 atom stereocenters. The third kappa shape index (κ3) is 2.94. The van der Waals surface area contributed by atoms with Gasteiger partial charge in [-0.3, -0.25) is 4.21 Å². The summed E-state index contributed by atoms with van der Waals surface area (Å²) < 4.78 is 17.2. The highest BCUT2D eigenvalue weighted by Crippen LogP contribution is 2.38. The van der Waals surface area contributed by atoms with Gasteiger partial charge in [0.1, 0.15) is 16.5 Å². The molecule has 0 spiro atoms. The van der Waals surface area contributed by atoms with E-state index in [9.17, 15) is 4.21 Å². The molecule has 2 aromatic carbocycles. The number of aromatic nitrogens is 2. The normalized spacial score (nSPS) is 12.5. The highest BCUT2D eigenvalue weighted by molar-refractivity contribution is 7.84. The molecule has 114 valence electrons. The van der Waals surface area contributed by atoms with Crippen LogP contribution in [0.1, 0.15) is 0 Å². The van der Waals surface area contributed by atoms with Gasteiger partial charge in [0.15, 0.2) is 5.16 Å². The number of imidazole rings is 1.